The Morgan fingerprint density at radius 2 is 1.80 bits per heavy atom. The molecule has 25 heavy (non-hydrogen) atoms. The summed E-state index contributed by atoms with van der Waals surface area (Å²) in [6, 6.07) is 8.87. The van der Waals surface area contributed by atoms with Crippen LogP contribution in [0.15, 0.2) is 45.6 Å². The molecule has 0 aliphatic heterocycles. The highest BCUT2D eigenvalue weighted by atomic mass is 19.1. The molecule has 0 spiro atoms. The van der Waals surface area contributed by atoms with Gasteiger partial charge in [-0.1, -0.05) is 0 Å². The molecule has 3 rings (SSSR count). The van der Waals surface area contributed by atoms with Crippen LogP contribution in [0.25, 0.3) is 22.3 Å². The van der Waals surface area contributed by atoms with Crippen LogP contribution in [-0.4, -0.2) is 13.1 Å². The van der Waals surface area contributed by atoms with Gasteiger partial charge in [0, 0.05) is 29.9 Å². The fraction of sp³-hybridized carbons (Fsp3) is 0.167. The molecule has 0 unspecified atom stereocenters. The minimum absolute atomic E-state index is 0.177. The van der Waals surface area contributed by atoms with E-state index in [-0.39, 0.29) is 16.7 Å². The van der Waals surface area contributed by atoms with Crippen molar-refractivity contribution in [2.45, 2.75) is 6.42 Å². The molecule has 2 aromatic carbocycles. The molecule has 0 fully saturated rings. The van der Waals surface area contributed by atoms with E-state index in [1.54, 1.807) is 12.1 Å². The molecule has 0 saturated heterocycles. The van der Waals surface area contributed by atoms with Gasteiger partial charge in [-0.3, -0.25) is 4.79 Å². The predicted molar refractivity (Wildman–Crippen MR) is 94.4 cm³/mol. The average molecular weight is 345 g/mol. The molecular weight excluding hydrogens is 328 g/mol. The van der Waals surface area contributed by atoms with Crippen LogP contribution < -0.4 is 22.2 Å². The Hall–Kier alpha value is -2.93. The highest BCUT2D eigenvalue weighted by Gasteiger charge is 2.17. The molecule has 5 N–H and O–H groups in total. The van der Waals surface area contributed by atoms with Crippen molar-refractivity contribution in [3.63, 3.8) is 0 Å². The summed E-state index contributed by atoms with van der Waals surface area (Å²) in [7, 11) is 0. The van der Waals surface area contributed by atoms with Gasteiger partial charge in [-0.2, -0.15) is 0 Å². The van der Waals surface area contributed by atoms with Crippen molar-refractivity contribution in [3.8, 4) is 11.3 Å². The molecule has 0 atom stereocenters. The van der Waals surface area contributed by atoms with E-state index in [9.17, 15) is 13.6 Å². The number of hydrogen-bond acceptors (Lipinski definition) is 5. The number of rotatable bonds is 5. The van der Waals surface area contributed by atoms with Crippen molar-refractivity contribution in [1.29, 1.82) is 0 Å². The largest absolute Gasteiger partial charge is 0.453 e. The third kappa shape index (κ3) is 3.32. The minimum atomic E-state index is -0.988. The summed E-state index contributed by atoms with van der Waals surface area (Å²) in [6.07, 6.45) is 0.846. The summed E-state index contributed by atoms with van der Waals surface area (Å²) >= 11 is 0. The molecule has 0 aliphatic rings. The highest BCUT2D eigenvalue weighted by molar-refractivity contribution is 5.90. The monoisotopic (exact) mass is 345 g/mol. The van der Waals surface area contributed by atoms with Crippen molar-refractivity contribution in [1.82, 2.24) is 0 Å². The predicted octanol–water partition coefficient (Wildman–Crippen LogP) is 3.08. The molecule has 0 saturated carbocycles. The Bertz CT molecular complexity index is 969. The number of hydrogen-bond donors (Lipinski definition) is 3. The maximum Gasteiger partial charge on any atom is 0.195 e. The van der Waals surface area contributed by atoms with E-state index in [0.29, 0.717) is 18.2 Å². The molecule has 0 amide bonds. The number of halogens is 2. The number of nitrogen functional groups attached to an aromatic ring is 1. The van der Waals surface area contributed by atoms with E-state index in [4.69, 9.17) is 15.9 Å². The summed E-state index contributed by atoms with van der Waals surface area (Å²) in [6.45, 7) is 1.35. The van der Waals surface area contributed by atoms with Gasteiger partial charge in [-0.15, -0.1) is 0 Å². The van der Waals surface area contributed by atoms with E-state index in [1.165, 1.54) is 6.07 Å². The summed E-state index contributed by atoms with van der Waals surface area (Å²) in [4.78, 5) is 12.2. The van der Waals surface area contributed by atoms with Gasteiger partial charge in [-0.05, 0) is 37.2 Å². The van der Waals surface area contributed by atoms with Crippen molar-refractivity contribution < 1.29 is 13.2 Å². The minimum Gasteiger partial charge on any atom is -0.453 e. The smallest absolute Gasteiger partial charge is 0.195 e. The van der Waals surface area contributed by atoms with Gasteiger partial charge in [0.15, 0.2) is 16.8 Å². The third-order valence-electron chi connectivity index (χ3n) is 3.82. The first-order valence-electron chi connectivity index (χ1n) is 7.77. The van der Waals surface area contributed by atoms with E-state index >= 15 is 0 Å². The Morgan fingerprint density at radius 1 is 1.08 bits per heavy atom. The van der Waals surface area contributed by atoms with Crippen molar-refractivity contribution >= 4 is 22.3 Å². The van der Waals surface area contributed by atoms with Crippen LogP contribution in [0.2, 0.25) is 0 Å². The Balaban J connectivity index is 2.01. The number of nitrogens with one attached hydrogen (secondary N) is 1. The lowest BCUT2D eigenvalue weighted by Crippen LogP contribution is -2.08. The summed E-state index contributed by atoms with van der Waals surface area (Å²) in [5.74, 6) is -1.78. The molecule has 0 aliphatic carbocycles. The number of nitrogens with two attached hydrogens (primary N) is 2. The van der Waals surface area contributed by atoms with Crippen molar-refractivity contribution in [2.75, 3.05) is 24.1 Å². The van der Waals surface area contributed by atoms with E-state index in [0.717, 1.165) is 18.7 Å². The first-order valence-corrected chi connectivity index (χ1v) is 7.77. The molecule has 1 heterocycles. The fourth-order valence-electron chi connectivity index (χ4n) is 2.52. The Labute approximate surface area is 142 Å². The quantitative estimate of drug-likeness (QED) is 0.488. The normalized spacial score (nSPS) is 11.0. The van der Waals surface area contributed by atoms with Crippen LogP contribution in [0.3, 0.4) is 0 Å². The zero-order chi connectivity index (χ0) is 18.0. The number of benzene rings is 2. The maximum absolute atomic E-state index is 14.0. The lowest BCUT2D eigenvalue weighted by molar-refractivity contribution is 0.546. The van der Waals surface area contributed by atoms with Crippen LogP contribution >= 0.6 is 0 Å². The fourth-order valence-corrected chi connectivity index (χ4v) is 2.52. The third-order valence-corrected chi connectivity index (χ3v) is 3.82. The highest BCUT2D eigenvalue weighted by Crippen LogP contribution is 2.29. The number of fused-ring (bicyclic) bond motifs is 1. The zero-order valence-corrected chi connectivity index (χ0v) is 13.3. The van der Waals surface area contributed by atoms with Gasteiger partial charge in [0.25, 0.3) is 0 Å². The van der Waals surface area contributed by atoms with Crippen LogP contribution in [0.5, 0.6) is 0 Å². The summed E-state index contributed by atoms with van der Waals surface area (Å²) < 4.78 is 33.0. The molecule has 0 radical (unpaired) electrons. The maximum atomic E-state index is 14.0. The van der Waals surface area contributed by atoms with Crippen LogP contribution in [-0.2, 0) is 0 Å². The van der Waals surface area contributed by atoms with Crippen LogP contribution in [0, 0.1) is 11.6 Å². The van der Waals surface area contributed by atoms with Crippen molar-refractivity contribution in [2.24, 2.45) is 5.73 Å². The van der Waals surface area contributed by atoms with Crippen LogP contribution in [0.1, 0.15) is 6.42 Å². The molecule has 3 aromatic rings. The second-order valence-electron chi connectivity index (χ2n) is 5.58. The lowest BCUT2D eigenvalue weighted by atomic mass is 10.1. The van der Waals surface area contributed by atoms with Crippen LogP contribution in [0.4, 0.5) is 20.2 Å². The van der Waals surface area contributed by atoms with Gasteiger partial charge in [0.2, 0.25) is 0 Å². The average Bonchev–Trinajstić information content (AvgIpc) is 2.60. The first kappa shape index (κ1) is 16.9. The molecule has 130 valence electrons. The molecule has 1 aromatic heterocycles. The second-order valence-corrected chi connectivity index (χ2v) is 5.58. The standard InChI is InChI=1S/C18H17F2N3O2/c19-12-8-13(20)18-16(17(12)22)14(24)9-15(25-18)10-2-4-11(5-3-10)23-7-1-6-21/h2-5,8-9,23H,1,6-7,21-22H2. The van der Waals surface area contributed by atoms with Gasteiger partial charge >= 0.3 is 0 Å². The van der Waals surface area contributed by atoms with Gasteiger partial charge in [0.1, 0.15) is 11.6 Å². The van der Waals surface area contributed by atoms with Gasteiger partial charge in [0.05, 0.1) is 11.1 Å². The zero-order valence-electron chi connectivity index (χ0n) is 13.3. The van der Waals surface area contributed by atoms with E-state index in [2.05, 4.69) is 5.32 Å². The lowest BCUT2D eigenvalue weighted by Gasteiger charge is -2.08. The summed E-state index contributed by atoms with van der Waals surface area (Å²) in [5.41, 5.74) is 11.1. The molecule has 0 bridgehead atoms. The van der Waals surface area contributed by atoms with E-state index < -0.39 is 22.8 Å². The van der Waals surface area contributed by atoms with E-state index in [1.807, 2.05) is 12.1 Å². The van der Waals surface area contributed by atoms with Crippen molar-refractivity contribution in [3.05, 3.63) is 58.3 Å². The SMILES string of the molecule is NCCCNc1ccc(-c2cc(=O)c3c(N)c(F)cc(F)c3o2)cc1. The first-order chi connectivity index (χ1) is 12.0. The molecular formula is C18H17F2N3O2. The van der Waals surface area contributed by atoms with Gasteiger partial charge < -0.3 is 21.2 Å². The molecule has 7 heteroatoms. The second kappa shape index (κ2) is 6.90. The Morgan fingerprint density at radius 3 is 2.48 bits per heavy atom. The Kier molecular flexibility index (Phi) is 4.67. The number of anilines is 2. The summed E-state index contributed by atoms with van der Waals surface area (Å²) in [5, 5.41) is 2.91. The molecule has 5 nitrogen and oxygen atoms in total. The topological polar surface area (TPSA) is 94.3 Å². The van der Waals surface area contributed by atoms with Gasteiger partial charge in [-0.25, -0.2) is 8.78 Å².